The Labute approximate surface area is 176 Å². The average Bonchev–Trinajstić information content (AvgIpc) is 2.54. The minimum atomic E-state index is 0. The molecule has 0 radical (unpaired) electrons. The maximum Gasteiger partial charge on any atom is 0.225 e. The molecule has 2 N–H and O–H groups in total. The quantitative estimate of drug-likeness (QED) is 0.347. The molecule has 1 saturated heterocycles. The van der Waals surface area contributed by atoms with Crippen molar-refractivity contribution in [2.24, 2.45) is 16.3 Å². The van der Waals surface area contributed by atoms with Gasteiger partial charge in [-0.25, -0.2) is 0 Å². The van der Waals surface area contributed by atoms with E-state index in [0.29, 0.717) is 12.6 Å². The van der Waals surface area contributed by atoms with Gasteiger partial charge in [-0.2, -0.15) is 0 Å². The first kappa shape index (κ1) is 25.4. The second kappa shape index (κ2) is 12.0. The van der Waals surface area contributed by atoms with E-state index in [-0.39, 0.29) is 47.3 Å². The van der Waals surface area contributed by atoms with Gasteiger partial charge in [0, 0.05) is 38.7 Å². The van der Waals surface area contributed by atoms with Gasteiger partial charge in [0.15, 0.2) is 5.96 Å². The van der Waals surface area contributed by atoms with Crippen LogP contribution in [0.2, 0.25) is 0 Å². The number of piperidine rings is 1. The van der Waals surface area contributed by atoms with Crippen LogP contribution in [0.15, 0.2) is 4.99 Å². The van der Waals surface area contributed by atoms with Crippen LogP contribution in [0.1, 0.15) is 54.4 Å². The van der Waals surface area contributed by atoms with Crippen molar-refractivity contribution in [3.63, 3.8) is 0 Å². The van der Waals surface area contributed by atoms with Crippen LogP contribution >= 0.6 is 24.0 Å². The molecule has 0 aromatic rings. The predicted octanol–water partition coefficient (Wildman–Crippen LogP) is 2.87. The highest BCUT2D eigenvalue weighted by atomic mass is 127. The summed E-state index contributed by atoms with van der Waals surface area (Å²) >= 11 is 0. The number of methoxy groups -OCH3 is 1. The lowest BCUT2D eigenvalue weighted by Gasteiger charge is -2.34. The molecule has 1 unspecified atom stereocenters. The Morgan fingerprint density at radius 3 is 2.27 bits per heavy atom. The van der Waals surface area contributed by atoms with E-state index in [1.54, 1.807) is 7.11 Å². The fraction of sp³-hybridized carbons (Fsp3) is 0.895. The number of amides is 1. The Morgan fingerprint density at radius 2 is 1.85 bits per heavy atom. The minimum Gasteiger partial charge on any atom is -0.379 e. The fourth-order valence-corrected chi connectivity index (χ4v) is 3.00. The molecule has 6 nitrogen and oxygen atoms in total. The third-order valence-electron chi connectivity index (χ3n) is 4.65. The van der Waals surface area contributed by atoms with Gasteiger partial charge in [0.2, 0.25) is 5.91 Å². The van der Waals surface area contributed by atoms with E-state index in [4.69, 9.17) is 9.73 Å². The Balaban J connectivity index is 0.00000625. The van der Waals surface area contributed by atoms with Crippen LogP contribution in [0.4, 0.5) is 0 Å². The van der Waals surface area contributed by atoms with Crippen LogP contribution in [0.25, 0.3) is 0 Å². The molecule has 0 bridgehead atoms. The normalized spacial score (nSPS) is 17.7. The number of hydrogen-bond acceptors (Lipinski definition) is 3. The predicted molar refractivity (Wildman–Crippen MR) is 119 cm³/mol. The Kier molecular flexibility index (Phi) is 11.7. The van der Waals surface area contributed by atoms with E-state index in [9.17, 15) is 4.79 Å². The maximum absolute atomic E-state index is 12.1. The second-order valence-corrected chi connectivity index (χ2v) is 8.21. The monoisotopic (exact) mass is 482 g/mol. The summed E-state index contributed by atoms with van der Waals surface area (Å²) in [6.45, 7) is 15.6. The summed E-state index contributed by atoms with van der Waals surface area (Å²) in [5.74, 6) is 1.17. The van der Waals surface area contributed by atoms with Crippen LogP contribution in [0.3, 0.4) is 0 Å². The van der Waals surface area contributed by atoms with Crippen LogP contribution < -0.4 is 10.6 Å². The first-order valence-electron chi connectivity index (χ1n) is 9.55. The first-order chi connectivity index (χ1) is 11.7. The van der Waals surface area contributed by atoms with Crippen molar-refractivity contribution < 1.29 is 9.53 Å². The smallest absolute Gasteiger partial charge is 0.225 e. The molecule has 7 heteroatoms. The van der Waals surface area contributed by atoms with Crippen LogP contribution in [-0.2, 0) is 9.53 Å². The van der Waals surface area contributed by atoms with E-state index < -0.39 is 0 Å². The molecule has 0 aromatic heterocycles. The van der Waals surface area contributed by atoms with Crippen molar-refractivity contribution >= 4 is 35.8 Å². The molecule has 1 amide bonds. The number of halogens is 1. The summed E-state index contributed by atoms with van der Waals surface area (Å²) in [7, 11) is 1.74. The number of ether oxygens (including phenoxy) is 1. The maximum atomic E-state index is 12.1. The number of nitrogens with one attached hydrogen (secondary N) is 2. The SMILES string of the molecule is CCNC(=NCC(OC)C(C)(C)C)NC1CCN(C(=O)C(C)C)CC1.I. The second-order valence-electron chi connectivity index (χ2n) is 8.21. The summed E-state index contributed by atoms with van der Waals surface area (Å²) in [4.78, 5) is 18.8. The molecule has 26 heavy (non-hydrogen) atoms. The highest BCUT2D eigenvalue weighted by Gasteiger charge is 2.26. The van der Waals surface area contributed by atoms with Crippen LogP contribution in [-0.4, -0.2) is 62.2 Å². The molecule has 0 spiro atoms. The van der Waals surface area contributed by atoms with Crippen molar-refractivity contribution in [2.45, 2.75) is 66.5 Å². The Morgan fingerprint density at radius 1 is 1.27 bits per heavy atom. The molecule has 1 aliphatic heterocycles. The van der Waals surface area contributed by atoms with Crippen LogP contribution in [0, 0.1) is 11.3 Å². The standard InChI is InChI=1S/C19H38N4O2.HI/c1-8-20-18(21-13-16(25-7)19(4,5)6)22-15-9-11-23(12-10-15)17(24)14(2)3;/h14-16H,8-13H2,1-7H3,(H2,20,21,22);1H. The zero-order chi connectivity index (χ0) is 19.0. The number of carbonyl (C=O) groups is 1. The molecule has 1 atom stereocenters. The number of rotatable bonds is 6. The van der Waals surface area contributed by atoms with Gasteiger partial charge in [-0.15, -0.1) is 24.0 Å². The summed E-state index contributed by atoms with van der Waals surface area (Å²) in [5.41, 5.74) is 0.0537. The first-order valence-corrected chi connectivity index (χ1v) is 9.55. The average molecular weight is 482 g/mol. The summed E-state index contributed by atoms with van der Waals surface area (Å²) in [6.07, 6.45) is 1.99. The molecule has 1 heterocycles. The topological polar surface area (TPSA) is 66.0 Å². The lowest BCUT2D eigenvalue weighted by molar-refractivity contribution is -0.135. The van der Waals surface area contributed by atoms with Gasteiger partial charge >= 0.3 is 0 Å². The molecule has 1 fully saturated rings. The van der Waals surface area contributed by atoms with Crippen molar-refractivity contribution in [1.29, 1.82) is 0 Å². The third-order valence-corrected chi connectivity index (χ3v) is 4.65. The number of guanidine groups is 1. The number of likely N-dealkylation sites (tertiary alicyclic amines) is 1. The lowest BCUT2D eigenvalue weighted by atomic mass is 9.89. The number of nitrogens with zero attached hydrogens (tertiary/aromatic N) is 2. The van der Waals surface area contributed by atoms with E-state index in [1.165, 1.54) is 0 Å². The van der Waals surface area contributed by atoms with Gasteiger partial charge in [0.1, 0.15) is 0 Å². The number of aliphatic imine (C=N–C) groups is 1. The van der Waals surface area contributed by atoms with Gasteiger partial charge in [-0.05, 0) is 25.2 Å². The lowest BCUT2D eigenvalue weighted by Crippen LogP contribution is -2.50. The molecule has 1 aliphatic rings. The number of hydrogen-bond donors (Lipinski definition) is 2. The zero-order valence-corrected chi connectivity index (χ0v) is 19.9. The highest BCUT2D eigenvalue weighted by molar-refractivity contribution is 14.0. The van der Waals surface area contributed by atoms with E-state index >= 15 is 0 Å². The zero-order valence-electron chi connectivity index (χ0n) is 17.6. The molecule has 0 saturated carbocycles. The molecule has 154 valence electrons. The van der Waals surface area contributed by atoms with Gasteiger partial charge in [-0.1, -0.05) is 34.6 Å². The van der Waals surface area contributed by atoms with E-state index in [2.05, 4.69) is 38.3 Å². The summed E-state index contributed by atoms with van der Waals surface area (Å²) in [6, 6.07) is 0.352. The van der Waals surface area contributed by atoms with Crippen molar-refractivity contribution in [2.75, 3.05) is 33.3 Å². The minimum absolute atomic E-state index is 0. The summed E-state index contributed by atoms with van der Waals surface area (Å²) < 4.78 is 5.59. The molecular weight excluding hydrogens is 443 g/mol. The molecule has 0 aliphatic carbocycles. The van der Waals surface area contributed by atoms with Crippen LogP contribution in [0.5, 0.6) is 0 Å². The molecular formula is C19H39IN4O2. The molecule has 1 rings (SSSR count). The largest absolute Gasteiger partial charge is 0.379 e. The molecule has 0 aromatic carbocycles. The van der Waals surface area contributed by atoms with Gasteiger partial charge in [0.25, 0.3) is 0 Å². The Hall–Kier alpha value is -0.570. The van der Waals surface area contributed by atoms with Gasteiger partial charge in [-0.3, -0.25) is 9.79 Å². The fourth-order valence-electron chi connectivity index (χ4n) is 3.00. The van der Waals surface area contributed by atoms with E-state index in [1.807, 2.05) is 18.7 Å². The van der Waals surface area contributed by atoms with Crippen molar-refractivity contribution in [3.05, 3.63) is 0 Å². The van der Waals surface area contributed by atoms with Gasteiger partial charge < -0.3 is 20.3 Å². The van der Waals surface area contributed by atoms with Gasteiger partial charge in [0.05, 0.1) is 12.6 Å². The van der Waals surface area contributed by atoms with E-state index in [0.717, 1.165) is 38.4 Å². The Bertz CT molecular complexity index is 441. The highest BCUT2D eigenvalue weighted by Crippen LogP contribution is 2.22. The number of carbonyl (C=O) groups excluding carboxylic acids is 1. The third kappa shape index (κ3) is 8.41. The van der Waals surface area contributed by atoms with Crippen molar-refractivity contribution in [1.82, 2.24) is 15.5 Å². The van der Waals surface area contributed by atoms with Crippen molar-refractivity contribution in [3.8, 4) is 0 Å². The summed E-state index contributed by atoms with van der Waals surface area (Å²) in [5, 5.41) is 6.84.